The molecule has 2 aromatic rings. The highest BCUT2D eigenvalue weighted by Gasteiger charge is 2.27. The number of ether oxygens (including phenoxy) is 3. The van der Waals surface area contributed by atoms with Crippen LogP contribution in [-0.2, 0) is 9.47 Å². The number of carbonyl (C=O) groups is 2. The Morgan fingerprint density at radius 3 is 1.70 bits per heavy atom. The van der Waals surface area contributed by atoms with Gasteiger partial charge in [0, 0.05) is 0 Å². The van der Waals surface area contributed by atoms with Gasteiger partial charge < -0.3 is 14.2 Å². The summed E-state index contributed by atoms with van der Waals surface area (Å²) in [5, 5.41) is 0. The second-order valence-corrected chi connectivity index (χ2v) is 6.98. The number of unbranched alkanes of at least 4 members (excludes halogenated alkanes) is 4. The lowest BCUT2D eigenvalue weighted by Gasteiger charge is -2.12. The van der Waals surface area contributed by atoms with Crippen molar-refractivity contribution >= 4 is 11.9 Å². The minimum Gasteiger partial charge on any atom is -0.484 e. The van der Waals surface area contributed by atoms with Crippen molar-refractivity contribution in [3.8, 4) is 5.75 Å². The summed E-state index contributed by atoms with van der Waals surface area (Å²) >= 11 is 0. The van der Waals surface area contributed by atoms with Crippen LogP contribution in [0.15, 0.2) is 24.3 Å². The first-order chi connectivity index (χ1) is 15.8. The first-order valence-corrected chi connectivity index (χ1v) is 10.4. The fourth-order valence-corrected chi connectivity index (χ4v) is 2.85. The van der Waals surface area contributed by atoms with Crippen LogP contribution < -0.4 is 4.74 Å². The van der Waals surface area contributed by atoms with E-state index in [2.05, 4.69) is 11.7 Å². The predicted octanol–water partition coefficient (Wildman–Crippen LogP) is 5.75. The van der Waals surface area contributed by atoms with Gasteiger partial charge in [0.2, 0.25) is 29.1 Å². The first-order valence-electron chi connectivity index (χ1n) is 10.4. The molecule has 0 aliphatic rings. The van der Waals surface area contributed by atoms with E-state index in [1.165, 1.54) is 24.3 Å². The molecule has 0 bridgehead atoms. The Hall–Kier alpha value is -3.17. The lowest BCUT2D eigenvalue weighted by Crippen LogP contribution is -2.17. The van der Waals surface area contributed by atoms with Crippen molar-refractivity contribution in [2.45, 2.75) is 39.0 Å². The molecule has 0 heterocycles. The Kier molecular flexibility index (Phi) is 10.1. The Balaban J connectivity index is 1.91. The Morgan fingerprint density at radius 1 is 0.667 bits per heavy atom. The molecule has 5 nitrogen and oxygen atoms in total. The molecule has 10 heteroatoms. The smallest absolute Gasteiger partial charge is 0.339 e. The van der Waals surface area contributed by atoms with Crippen LogP contribution in [0.1, 0.15) is 59.7 Å². The van der Waals surface area contributed by atoms with E-state index in [1.54, 1.807) is 0 Å². The quantitative estimate of drug-likeness (QED) is 0.129. The highest BCUT2D eigenvalue weighted by Crippen LogP contribution is 2.29. The van der Waals surface area contributed by atoms with Gasteiger partial charge >= 0.3 is 11.9 Å². The lowest BCUT2D eigenvalue weighted by molar-refractivity contribution is 0.0418. The summed E-state index contributed by atoms with van der Waals surface area (Å²) in [7, 11) is 0. The van der Waals surface area contributed by atoms with Gasteiger partial charge in [-0.3, -0.25) is 0 Å². The number of hydrogen-bond donors (Lipinski definition) is 0. The molecule has 0 saturated heterocycles. The van der Waals surface area contributed by atoms with Gasteiger partial charge in [0.1, 0.15) is 13.2 Å². The molecule has 0 radical (unpaired) electrons. The molecule has 0 atom stereocenters. The molecule has 0 aliphatic carbocycles. The van der Waals surface area contributed by atoms with Crippen molar-refractivity contribution in [2.75, 3.05) is 19.8 Å². The minimum absolute atomic E-state index is 0.0308. The van der Waals surface area contributed by atoms with Gasteiger partial charge in [0.15, 0.2) is 5.75 Å². The normalized spacial score (nSPS) is 10.7. The molecule has 0 aromatic heterocycles. The van der Waals surface area contributed by atoms with E-state index in [-0.39, 0.29) is 17.7 Å². The van der Waals surface area contributed by atoms with E-state index in [9.17, 15) is 31.5 Å². The second kappa shape index (κ2) is 12.8. The van der Waals surface area contributed by atoms with Crippen LogP contribution >= 0.6 is 0 Å². The van der Waals surface area contributed by atoms with Gasteiger partial charge in [-0.15, -0.1) is 0 Å². The fraction of sp³-hybridized carbons (Fsp3) is 0.391. The molecule has 0 amide bonds. The number of hydrogen-bond acceptors (Lipinski definition) is 5. The van der Waals surface area contributed by atoms with Crippen LogP contribution in [0, 0.1) is 29.1 Å². The number of rotatable bonds is 12. The number of carbonyl (C=O) groups excluding carboxylic acids is 2. The topological polar surface area (TPSA) is 61.8 Å². The van der Waals surface area contributed by atoms with E-state index in [0.29, 0.717) is 6.42 Å². The molecule has 180 valence electrons. The van der Waals surface area contributed by atoms with Crippen LogP contribution in [0.5, 0.6) is 5.75 Å². The van der Waals surface area contributed by atoms with Gasteiger partial charge in [0.25, 0.3) is 0 Å². The van der Waals surface area contributed by atoms with E-state index >= 15 is 0 Å². The maximum atomic E-state index is 13.6. The molecular weight excluding hydrogens is 451 g/mol. The van der Waals surface area contributed by atoms with Crippen molar-refractivity contribution < 1.29 is 45.8 Å². The largest absolute Gasteiger partial charge is 0.484 e. The molecule has 2 rings (SSSR count). The van der Waals surface area contributed by atoms with E-state index in [1.807, 2.05) is 0 Å². The first kappa shape index (κ1) is 26.1. The summed E-state index contributed by atoms with van der Waals surface area (Å²) in [6.45, 7) is 0.996. The van der Waals surface area contributed by atoms with Crippen LogP contribution in [0.25, 0.3) is 0 Å². The van der Waals surface area contributed by atoms with Gasteiger partial charge in [-0.05, 0) is 18.6 Å². The average molecular weight is 474 g/mol. The van der Waals surface area contributed by atoms with Crippen LogP contribution in [0.4, 0.5) is 22.0 Å². The third kappa shape index (κ3) is 6.90. The summed E-state index contributed by atoms with van der Waals surface area (Å²) in [6.07, 6.45) is 4.81. The van der Waals surface area contributed by atoms with E-state index in [4.69, 9.17) is 9.47 Å². The molecular formula is C23H23F5O5. The molecule has 33 heavy (non-hydrogen) atoms. The average Bonchev–Trinajstić information content (AvgIpc) is 2.82. The monoisotopic (exact) mass is 474 g/mol. The van der Waals surface area contributed by atoms with Gasteiger partial charge in [-0.1, -0.05) is 44.7 Å². The fourth-order valence-electron chi connectivity index (χ4n) is 2.85. The predicted molar refractivity (Wildman–Crippen MR) is 107 cm³/mol. The summed E-state index contributed by atoms with van der Waals surface area (Å²) < 4.78 is 81.2. The van der Waals surface area contributed by atoms with Crippen LogP contribution in [0.2, 0.25) is 0 Å². The van der Waals surface area contributed by atoms with E-state index in [0.717, 1.165) is 25.7 Å². The zero-order chi connectivity index (χ0) is 24.4. The van der Waals surface area contributed by atoms with Gasteiger partial charge in [0.05, 0.1) is 17.7 Å². The SMILES string of the molecule is CCCCCCCOC(=O)c1ccccc1C(=O)OCCOc1c(F)c(F)c(F)c(F)c1F. The van der Waals surface area contributed by atoms with E-state index < -0.39 is 60.0 Å². The highest BCUT2D eigenvalue weighted by atomic mass is 19.2. The van der Waals surface area contributed by atoms with Crippen LogP contribution in [-0.4, -0.2) is 31.8 Å². The summed E-state index contributed by atoms with van der Waals surface area (Å²) in [4.78, 5) is 24.6. The number of benzene rings is 2. The summed E-state index contributed by atoms with van der Waals surface area (Å²) in [6, 6.07) is 5.72. The molecule has 0 N–H and O–H groups in total. The highest BCUT2D eigenvalue weighted by molar-refractivity contribution is 6.03. The minimum atomic E-state index is -2.31. The third-order valence-corrected chi connectivity index (χ3v) is 4.58. The maximum absolute atomic E-state index is 13.6. The van der Waals surface area contributed by atoms with Crippen molar-refractivity contribution in [2.24, 2.45) is 0 Å². The second-order valence-electron chi connectivity index (χ2n) is 6.98. The molecule has 0 aliphatic heterocycles. The van der Waals surface area contributed by atoms with Crippen molar-refractivity contribution in [3.63, 3.8) is 0 Å². The maximum Gasteiger partial charge on any atom is 0.339 e. The van der Waals surface area contributed by atoms with Crippen molar-refractivity contribution in [1.29, 1.82) is 0 Å². The molecule has 0 saturated carbocycles. The standard InChI is InChI=1S/C23H23F5O5/c1-2-3-4-5-8-11-32-22(29)14-9-6-7-10-15(14)23(30)33-13-12-31-21-19(27)17(25)16(24)18(26)20(21)28/h6-7,9-10H,2-5,8,11-13H2,1H3. The summed E-state index contributed by atoms with van der Waals surface area (Å²) in [5.74, 6) is -14.0. The third-order valence-electron chi connectivity index (χ3n) is 4.58. The van der Waals surface area contributed by atoms with Gasteiger partial charge in [-0.2, -0.15) is 8.78 Å². The van der Waals surface area contributed by atoms with Gasteiger partial charge in [-0.25, -0.2) is 22.8 Å². The number of esters is 2. The Morgan fingerprint density at radius 2 is 1.15 bits per heavy atom. The molecule has 0 fully saturated rings. The summed E-state index contributed by atoms with van der Waals surface area (Å²) in [5.41, 5.74) is -0.138. The van der Waals surface area contributed by atoms with Crippen molar-refractivity contribution in [3.05, 3.63) is 64.5 Å². The molecule has 0 unspecified atom stereocenters. The van der Waals surface area contributed by atoms with Crippen LogP contribution in [0.3, 0.4) is 0 Å². The number of halogens is 5. The van der Waals surface area contributed by atoms with Crippen molar-refractivity contribution in [1.82, 2.24) is 0 Å². The zero-order valence-electron chi connectivity index (χ0n) is 17.9. The Bertz CT molecular complexity index is 951. The molecule has 2 aromatic carbocycles. The zero-order valence-corrected chi connectivity index (χ0v) is 17.9. The lowest BCUT2D eigenvalue weighted by atomic mass is 10.1. The molecule has 0 spiro atoms. The Labute approximate surface area is 187 Å².